The summed E-state index contributed by atoms with van der Waals surface area (Å²) in [7, 11) is 0. The quantitative estimate of drug-likeness (QED) is 0.807. The van der Waals surface area contributed by atoms with E-state index in [-0.39, 0.29) is 17.2 Å². The molecule has 0 bridgehead atoms. The summed E-state index contributed by atoms with van der Waals surface area (Å²) in [6, 6.07) is 12.5. The van der Waals surface area contributed by atoms with Gasteiger partial charge in [-0.05, 0) is 38.1 Å². The zero-order valence-electron chi connectivity index (χ0n) is 12.0. The van der Waals surface area contributed by atoms with Gasteiger partial charge in [0.1, 0.15) is 11.4 Å². The smallest absolute Gasteiger partial charge is 0.251 e. The number of nitrogens with zero attached hydrogens (tertiary/aromatic N) is 2. The minimum atomic E-state index is -0.360. The molecule has 21 heavy (non-hydrogen) atoms. The molecule has 2 heterocycles. The van der Waals surface area contributed by atoms with Gasteiger partial charge >= 0.3 is 0 Å². The summed E-state index contributed by atoms with van der Waals surface area (Å²) in [5.41, 5.74) is 1.06. The molecule has 1 atom stereocenters. The van der Waals surface area contributed by atoms with Crippen LogP contribution in [0.4, 0.5) is 0 Å². The lowest BCUT2D eigenvalue weighted by Crippen LogP contribution is -2.39. The Morgan fingerprint density at radius 3 is 2.86 bits per heavy atom. The summed E-state index contributed by atoms with van der Waals surface area (Å²) in [5, 5.41) is 9.09. The third-order valence-electron chi connectivity index (χ3n) is 3.76. The molecule has 3 rings (SSSR count). The molecule has 4 heteroatoms. The Kier molecular flexibility index (Phi) is 3.06. The second-order valence-corrected chi connectivity index (χ2v) is 5.89. The van der Waals surface area contributed by atoms with Crippen LogP contribution in [0.25, 0.3) is 0 Å². The molecule has 0 N–H and O–H groups in total. The van der Waals surface area contributed by atoms with Crippen LogP contribution in [0, 0.1) is 11.3 Å². The largest absolute Gasteiger partial charge is 0.487 e. The fourth-order valence-electron chi connectivity index (χ4n) is 2.83. The van der Waals surface area contributed by atoms with Gasteiger partial charge in [0.15, 0.2) is 0 Å². The molecule has 0 aliphatic carbocycles. The summed E-state index contributed by atoms with van der Waals surface area (Å²) >= 11 is 0. The van der Waals surface area contributed by atoms with Gasteiger partial charge in [0, 0.05) is 24.2 Å². The lowest BCUT2D eigenvalue weighted by Gasteiger charge is -2.38. The summed E-state index contributed by atoms with van der Waals surface area (Å²) in [6.07, 6.45) is 2.47. The Bertz CT molecular complexity index is 784. The van der Waals surface area contributed by atoms with Crippen LogP contribution >= 0.6 is 0 Å². The van der Waals surface area contributed by atoms with Crippen molar-refractivity contribution in [3.63, 3.8) is 0 Å². The van der Waals surface area contributed by atoms with Crippen molar-refractivity contribution < 1.29 is 4.74 Å². The van der Waals surface area contributed by atoms with E-state index in [0.717, 1.165) is 11.3 Å². The first-order chi connectivity index (χ1) is 10.00. The molecule has 106 valence electrons. The maximum atomic E-state index is 12.2. The third-order valence-corrected chi connectivity index (χ3v) is 3.76. The molecule has 2 aromatic rings. The summed E-state index contributed by atoms with van der Waals surface area (Å²) in [4.78, 5) is 12.2. The molecule has 1 aromatic heterocycles. The molecule has 0 radical (unpaired) electrons. The van der Waals surface area contributed by atoms with Gasteiger partial charge in [-0.3, -0.25) is 4.79 Å². The first-order valence-corrected chi connectivity index (χ1v) is 6.90. The minimum absolute atomic E-state index is 0.0477. The third kappa shape index (κ3) is 2.43. The molecule has 1 aromatic carbocycles. The van der Waals surface area contributed by atoms with E-state index >= 15 is 0 Å². The maximum Gasteiger partial charge on any atom is 0.251 e. The number of aromatic nitrogens is 1. The highest BCUT2D eigenvalue weighted by Gasteiger charge is 2.35. The monoisotopic (exact) mass is 280 g/mol. The standard InChI is InChI=1S/C17H16N2O2/c1-17(2)10-14(19-8-4-3-5-16(19)20)13-9-12(11-18)6-7-15(13)21-17/h3-9,14H,10H2,1-2H3. The van der Waals surface area contributed by atoms with Crippen molar-refractivity contribution in [2.24, 2.45) is 0 Å². The molecule has 0 fully saturated rings. The van der Waals surface area contributed by atoms with Crippen molar-refractivity contribution in [1.29, 1.82) is 5.26 Å². The predicted molar refractivity (Wildman–Crippen MR) is 79.3 cm³/mol. The zero-order valence-corrected chi connectivity index (χ0v) is 12.0. The highest BCUT2D eigenvalue weighted by atomic mass is 16.5. The van der Waals surface area contributed by atoms with E-state index in [0.29, 0.717) is 12.0 Å². The molecule has 0 spiro atoms. The Morgan fingerprint density at radius 1 is 1.33 bits per heavy atom. The molecule has 0 saturated heterocycles. The first-order valence-electron chi connectivity index (χ1n) is 6.90. The SMILES string of the molecule is CC1(C)CC(n2ccccc2=O)c2cc(C#N)ccc2O1. The summed E-state index contributed by atoms with van der Waals surface area (Å²) < 4.78 is 7.70. The van der Waals surface area contributed by atoms with Gasteiger partial charge in [-0.25, -0.2) is 0 Å². The van der Waals surface area contributed by atoms with Crippen molar-refractivity contribution in [3.05, 3.63) is 64.1 Å². The van der Waals surface area contributed by atoms with Crippen LogP contribution in [0.5, 0.6) is 5.75 Å². The van der Waals surface area contributed by atoms with Crippen LogP contribution in [-0.2, 0) is 0 Å². The number of hydrogen-bond acceptors (Lipinski definition) is 3. The number of fused-ring (bicyclic) bond motifs is 1. The van der Waals surface area contributed by atoms with Crippen LogP contribution in [0.3, 0.4) is 0 Å². The molecule has 1 unspecified atom stereocenters. The number of benzene rings is 1. The molecular formula is C17H16N2O2. The number of rotatable bonds is 1. The second kappa shape index (κ2) is 4.78. The fraction of sp³-hybridized carbons (Fsp3) is 0.294. The van der Waals surface area contributed by atoms with Crippen LogP contribution in [0.2, 0.25) is 0 Å². The van der Waals surface area contributed by atoms with E-state index in [4.69, 9.17) is 10.00 Å². The Labute approximate surface area is 123 Å². The highest BCUT2D eigenvalue weighted by molar-refractivity contribution is 5.45. The topological polar surface area (TPSA) is 55.0 Å². The molecule has 0 amide bonds. The van der Waals surface area contributed by atoms with Crippen molar-refractivity contribution in [3.8, 4) is 11.8 Å². The molecule has 4 nitrogen and oxygen atoms in total. The minimum Gasteiger partial charge on any atom is -0.487 e. The first kappa shape index (κ1) is 13.4. The molecular weight excluding hydrogens is 264 g/mol. The van der Waals surface area contributed by atoms with E-state index < -0.39 is 0 Å². The summed E-state index contributed by atoms with van der Waals surface area (Å²) in [6.45, 7) is 4.02. The fourth-order valence-corrected chi connectivity index (χ4v) is 2.83. The molecule has 0 saturated carbocycles. The van der Waals surface area contributed by atoms with Gasteiger partial charge in [-0.1, -0.05) is 6.07 Å². The van der Waals surface area contributed by atoms with Crippen molar-refractivity contribution in [1.82, 2.24) is 4.57 Å². The average Bonchev–Trinajstić information content (AvgIpc) is 2.46. The average molecular weight is 280 g/mol. The predicted octanol–water partition coefficient (Wildman–Crippen LogP) is 2.87. The van der Waals surface area contributed by atoms with Crippen molar-refractivity contribution >= 4 is 0 Å². The van der Waals surface area contributed by atoms with Crippen molar-refractivity contribution in [2.45, 2.75) is 31.9 Å². The lowest BCUT2D eigenvalue weighted by molar-refractivity contribution is 0.0664. The lowest BCUT2D eigenvalue weighted by atomic mass is 9.88. The van der Waals surface area contributed by atoms with Gasteiger partial charge in [0.05, 0.1) is 17.7 Å². The van der Waals surface area contributed by atoms with E-state index in [1.54, 1.807) is 29.0 Å². The van der Waals surface area contributed by atoms with Crippen LogP contribution in [0.1, 0.15) is 37.4 Å². The highest BCUT2D eigenvalue weighted by Crippen LogP contribution is 2.41. The van der Waals surface area contributed by atoms with Gasteiger partial charge in [0.25, 0.3) is 5.56 Å². The number of ether oxygens (including phenoxy) is 1. The number of hydrogen-bond donors (Lipinski definition) is 0. The normalized spacial score (nSPS) is 19.2. The number of pyridine rings is 1. The zero-order chi connectivity index (χ0) is 15.0. The Balaban J connectivity index is 2.20. The summed E-state index contributed by atoms with van der Waals surface area (Å²) in [5.74, 6) is 0.742. The van der Waals surface area contributed by atoms with E-state index in [1.807, 2.05) is 32.0 Å². The van der Waals surface area contributed by atoms with E-state index in [2.05, 4.69) is 6.07 Å². The maximum absolute atomic E-state index is 12.2. The Morgan fingerprint density at radius 2 is 2.14 bits per heavy atom. The van der Waals surface area contributed by atoms with Crippen LogP contribution in [-0.4, -0.2) is 10.2 Å². The Hall–Kier alpha value is -2.54. The molecule has 1 aliphatic heterocycles. The molecule has 1 aliphatic rings. The van der Waals surface area contributed by atoms with Gasteiger partial charge in [-0.15, -0.1) is 0 Å². The van der Waals surface area contributed by atoms with Crippen LogP contribution < -0.4 is 10.3 Å². The van der Waals surface area contributed by atoms with Gasteiger partial charge in [0.2, 0.25) is 0 Å². The second-order valence-electron chi connectivity index (χ2n) is 5.89. The van der Waals surface area contributed by atoms with Gasteiger partial charge in [-0.2, -0.15) is 5.26 Å². The van der Waals surface area contributed by atoms with E-state index in [1.165, 1.54) is 0 Å². The van der Waals surface area contributed by atoms with Crippen molar-refractivity contribution in [2.75, 3.05) is 0 Å². The van der Waals surface area contributed by atoms with E-state index in [9.17, 15) is 4.79 Å². The van der Waals surface area contributed by atoms with Gasteiger partial charge < -0.3 is 9.30 Å². The number of nitriles is 1. The van der Waals surface area contributed by atoms with Crippen LogP contribution in [0.15, 0.2) is 47.4 Å².